The van der Waals surface area contributed by atoms with E-state index in [4.69, 9.17) is 4.74 Å². The van der Waals surface area contributed by atoms with E-state index in [-0.39, 0.29) is 5.97 Å². The zero-order valence-electron chi connectivity index (χ0n) is 9.53. The molecular weight excluding hydrogens is 190 g/mol. The van der Waals surface area contributed by atoms with Crippen molar-refractivity contribution in [3.05, 3.63) is 11.6 Å². The van der Waals surface area contributed by atoms with Crippen LogP contribution in [0.4, 0.5) is 0 Å². The molecule has 0 aromatic rings. The van der Waals surface area contributed by atoms with E-state index in [0.717, 1.165) is 31.4 Å². The highest BCUT2D eigenvalue weighted by molar-refractivity contribution is 5.90. The normalized spacial score (nSPS) is 30.1. The summed E-state index contributed by atoms with van der Waals surface area (Å²) in [6.45, 7) is 3.29. The van der Waals surface area contributed by atoms with Gasteiger partial charge in [-0.25, -0.2) is 4.79 Å². The molecule has 1 fully saturated rings. The Labute approximate surface area is 91.1 Å². The van der Waals surface area contributed by atoms with Crippen molar-refractivity contribution in [1.82, 2.24) is 4.90 Å². The molecule has 0 amide bonds. The van der Waals surface area contributed by atoms with Crippen LogP contribution in [-0.2, 0) is 9.53 Å². The fourth-order valence-electron chi connectivity index (χ4n) is 2.86. The van der Waals surface area contributed by atoms with E-state index >= 15 is 0 Å². The highest BCUT2D eigenvalue weighted by atomic mass is 16.5. The van der Waals surface area contributed by atoms with Crippen LogP contribution >= 0.6 is 0 Å². The maximum absolute atomic E-state index is 11.6. The molecule has 3 nitrogen and oxygen atoms in total. The van der Waals surface area contributed by atoms with Crippen molar-refractivity contribution in [1.29, 1.82) is 0 Å². The number of carbonyl (C=O) groups excluding carboxylic acids is 1. The molecule has 0 unspecified atom stereocenters. The minimum Gasteiger partial charge on any atom is -0.466 e. The number of hydrogen-bond acceptors (Lipinski definition) is 3. The lowest BCUT2D eigenvalue weighted by molar-refractivity contribution is -0.137. The molecular formula is C12H19NO2. The maximum atomic E-state index is 11.6. The highest BCUT2D eigenvalue weighted by Crippen LogP contribution is 2.35. The quantitative estimate of drug-likeness (QED) is 0.663. The smallest absolute Gasteiger partial charge is 0.335 e. The molecule has 2 rings (SSSR count). The van der Waals surface area contributed by atoms with Gasteiger partial charge in [0.05, 0.1) is 12.7 Å². The monoisotopic (exact) mass is 209 g/mol. The number of nitrogens with zero attached hydrogens (tertiary/aromatic N) is 1. The first-order valence-electron chi connectivity index (χ1n) is 5.82. The predicted molar refractivity (Wildman–Crippen MR) is 58.5 cm³/mol. The minimum atomic E-state index is -0.138. The first kappa shape index (κ1) is 10.7. The van der Waals surface area contributed by atoms with Gasteiger partial charge in [-0.15, -0.1) is 0 Å². The highest BCUT2D eigenvalue weighted by Gasteiger charge is 2.39. The second kappa shape index (κ2) is 4.35. The van der Waals surface area contributed by atoms with Crippen LogP contribution in [0.5, 0.6) is 0 Å². The Bertz CT molecular complexity index is 285. The van der Waals surface area contributed by atoms with Crippen LogP contribution in [0.15, 0.2) is 11.6 Å². The third-order valence-corrected chi connectivity index (χ3v) is 3.51. The number of carbonyl (C=O) groups is 1. The molecule has 0 saturated carbocycles. The molecule has 2 atom stereocenters. The van der Waals surface area contributed by atoms with Crippen LogP contribution in [0.25, 0.3) is 0 Å². The zero-order chi connectivity index (χ0) is 10.8. The molecule has 1 saturated heterocycles. The predicted octanol–water partition coefficient (Wildman–Crippen LogP) is 1.73. The maximum Gasteiger partial charge on any atom is 0.335 e. The second-order valence-electron chi connectivity index (χ2n) is 4.37. The van der Waals surface area contributed by atoms with E-state index < -0.39 is 0 Å². The molecule has 0 aromatic carbocycles. The molecule has 2 bridgehead atoms. The largest absolute Gasteiger partial charge is 0.466 e. The van der Waals surface area contributed by atoms with Crippen molar-refractivity contribution in [3.8, 4) is 0 Å². The van der Waals surface area contributed by atoms with Gasteiger partial charge in [0.1, 0.15) is 0 Å². The van der Waals surface area contributed by atoms with Crippen LogP contribution < -0.4 is 0 Å². The van der Waals surface area contributed by atoms with Gasteiger partial charge in [-0.3, -0.25) is 4.90 Å². The molecule has 15 heavy (non-hydrogen) atoms. The first-order valence-corrected chi connectivity index (χ1v) is 5.82. The van der Waals surface area contributed by atoms with Crippen molar-refractivity contribution in [2.75, 3.05) is 13.7 Å². The van der Waals surface area contributed by atoms with Crippen molar-refractivity contribution in [3.63, 3.8) is 0 Å². The van der Waals surface area contributed by atoms with Gasteiger partial charge in [-0.2, -0.15) is 0 Å². The Morgan fingerprint density at radius 1 is 1.60 bits per heavy atom. The SMILES string of the molecule is CCCN1[C@@H]2CC=C(C(=O)OC)[C@H]1CC2. The molecule has 0 aromatic heterocycles. The second-order valence-corrected chi connectivity index (χ2v) is 4.37. The van der Waals surface area contributed by atoms with Crippen LogP contribution in [-0.4, -0.2) is 36.6 Å². The zero-order valence-corrected chi connectivity index (χ0v) is 9.53. The number of ether oxygens (including phenoxy) is 1. The summed E-state index contributed by atoms with van der Waals surface area (Å²) in [7, 11) is 1.47. The van der Waals surface area contributed by atoms with E-state index in [1.807, 2.05) is 0 Å². The number of esters is 1. The molecule has 84 valence electrons. The van der Waals surface area contributed by atoms with Crippen molar-refractivity contribution in [2.24, 2.45) is 0 Å². The molecule has 0 N–H and O–H groups in total. The van der Waals surface area contributed by atoms with Gasteiger partial charge < -0.3 is 4.74 Å². The Morgan fingerprint density at radius 3 is 3.07 bits per heavy atom. The summed E-state index contributed by atoms with van der Waals surface area (Å²) < 4.78 is 4.83. The summed E-state index contributed by atoms with van der Waals surface area (Å²) in [6, 6.07) is 1.000. The van der Waals surface area contributed by atoms with Gasteiger partial charge in [0.2, 0.25) is 0 Å². The molecule has 2 aliphatic rings. The summed E-state index contributed by atoms with van der Waals surface area (Å²) in [6.07, 6.45) is 6.59. The average molecular weight is 209 g/mol. The van der Waals surface area contributed by atoms with E-state index in [1.165, 1.54) is 13.5 Å². The van der Waals surface area contributed by atoms with Gasteiger partial charge >= 0.3 is 5.97 Å². The van der Waals surface area contributed by atoms with E-state index in [9.17, 15) is 4.79 Å². The lowest BCUT2D eigenvalue weighted by atomic mass is 10.0. The van der Waals surface area contributed by atoms with Gasteiger partial charge in [-0.05, 0) is 32.2 Å². The van der Waals surface area contributed by atoms with Crippen molar-refractivity contribution in [2.45, 2.75) is 44.7 Å². The number of rotatable bonds is 3. The van der Waals surface area contributed by atoms with Crippen LogP contribution in [0.2, 0.25) is 0 Å². The van der Waals surface area contributed by atoms with Gasteiger partial charge in [-0.1, -0.05) is 13.0 Å². The molecule has 0 spiro atoms. The Hall–Kier alpha value is -0.830. The first-order chi connectivity index (χ1) is 7.27. The van der Waals surface area contributed by atoms with Gasteiger partial charge in [0.15, 0.2) is 0 Å². The summed E-state index contributed by atoms with van der Waals surface area (Å²) in [5.74, 6) is -0.138. The molecule has 2 heterocycles. The fraction of sp³-hybridized carbons (Fsp3) is 0.750. The lowest BCUT2D eigenvalue weighted by Crippen LogP contribution is -2.42. The van der Waals surface area contributed by atoms with Crippen LogP contribution in [0.1, 0.15) is 32.6 Å². The topological polar surface area (TPSA) is 29.5 Å². The summed E-state index contributed by atoms with van der Waals surface area (Å²) in [4.78, 5) is 14.1. The molecule has 2 aliphatic heterocycles. The Morgan fingerprint density at radius 2 is 2.40 bits per heavy atom. The summed E-state index contributed by atoms with van der Waals surface area (Å²) >= 11 is 0. The fourth-order valence-corrected chi connectivity index (χ4v) is 2.86. The third kappa shape index (κ3) is 1.81. The van der Waals surface area contributed by atoms with Crippen LogP contribution in [0.3, 0.4) is 0 Å². The average Bonchev–Trinajstić information content (AvgIpc) is 2.51. The van der Waals surface area contributed by atoms with Crippen molar-refractivity contribution >= 4 is 5.97 Å². The van der Waals surface area contributed by atoms with E-state index in [2.05, 4.69) is 17.9 Å². The number of methoxy groups -OCH3 is 1. The minimum absolute atomic E-state index is 0.138. The molecule has 3 heteroatoms. The standard InChI is InChI=1S/C12H19NO2/c1-3-8-13-9-4-6-10(12(14)15-2)11(13)7-5-9/h6,9,11H,3-5,7-8H2,1-2H3/t9-,11-/m1/s1. The van der Waals surface area contributed by atoms with Crippen LogP contribution in [0, 0.1) is 0 Å². The van der Waals surface area contributed by atoms with Gasteiger partial charge in [0, 0.05) is 12.1 Å². The molecule has 0 radical (unpaired) electrons. The summed E-state index contributed by atoms with van der Waals surface area (Å²) in [5.41, 5.74) is 0.889. The lowest BCUT2D eigenvalue weighted by Gasteiger charge is -2.33. The molecule has 0 aliphatic carbocycles. The van der Waals surface area contributed by atoms with Crippen molar-refractivity contribution < 1.29 is 9.53 Å². The summed E-state index contributed by atoms with van der Waals surface area (Å²) in [5, 5.41) is 0. The third-order valence-electron chi connectivity index (χ3n) is 3.51. The number of hydrogen-bond donors (Lipinski definition) is 0. The van der Waals surface area contributed by atoms with E-state index in [0.29, 0.717) is 12.1 Å². The Kier molecular flexibility index (Phi) is 3.10. The van der Waals surface area contributed by atoms with Gasteiger partial charge in [0.25, 0.3) is 0 Å². The van der Waals surface area contributed by atoms with E-state index in [1.54, 1.807) is 0 Å². The Balaban J connectivity index is 2.15. The number of fused-ring (bicyclic) bond motifs is 2.